The summed E-state index contributed by atoms with van der Waals surface area (Å²) in [5.74, 6) is -0.157. The van der Waals surface area contributed by atoms with Crippen LogP contribution in [0.4, 0.5) is 13.2 Å². The first-order valence-corrected chi connectivity index (χ1v) is 7.94. The van der Waals surface area contributed by atoms with Gasteiger partial charge in [-0.25, -0.2) is 4.98 Å². The molecule has 0 saturated heterocycles. The lowest BCUT2D eigenvalue weighted by Crippen LogP contribution is -2.35. The molecule has 1 N–H and O–H groups in total. The average Bonchev–Trinajstić information content (AvgIpc) is 2.61. The molecule has 5 nitrogen and oxygen atoms in total. The molecule has 0 aliphatic carbocycles. The van der Waals surface area contributed by atoms with Crippen LogP contribution in [0.15, 0.2) is 42.6 Å². The number of rotatable bonds is 7. The number of methoxy groups -OCH3 is 1. The van der Waals surface area contributed by atoms with E-state index in [0.29, 0.717) is 12.0 Å². The monoisotopic (exact) mass is 368 g/mol. The molecule has 0 aliphatic rings. The number of carbonyl (C=O) groups is 1. The Hall–Kier alpha value is -2.61. The summed E-state index contributed by atoms with van der Waals surface area (Å²) in [6.07, 6.45) is -3.06. The van der Waals surface area contributed by atoms with E-state index < -0.39 is 17.8 Å². The molecular weight excluding hydrogens is 349 g/mol. The number of pyridine rings is 1. The molecule has 0 unspecified atom stereocenters. The standard InChI is InChI=1S/C18H19F3N2O3/c1-3-15(25-2)16(24)23-11-12-6-5-9-22-17(12)26-14-8-4-7-13(10-14)18(19,20)21/h4-10,15H,3,11H2,1-2H3,(H,23,24)/t15-/m1/s1. The van der Waals surface area contributed by atoms with Gasteiger partial charge in [0, 0.05) is 25.4 Å². The number of carbonyl (C=O) groups excluding carboxylic acids is 1. The maximum Gasteiger partial charge on any atom is 0.416 e. The largest absolute Gasteiger partial charge is 0.439 e. The number of nitrogens with one attached hydrogen (secondary N) is 1. The lowest BCUT2D eigenvalue weighted by atomic mass is 10.2. The van der Waals surface area contributed by atoms with Gasteiger partial charge in [0.05, 0.1) is 5.56 Å². The Labute approximate surface area is 149 Å². The van der Waals surface area contributed by atoms with Gasteiger partial charge in [0.2, 0.25) is 11.8 Å². The molecule has 1 heterocycles. The van der Waals surface area contributed by atoms with E-state index in [1.165, 1.54) is 25.4 Å². The van der Waals surface area contributed by atoms with Crippen LogP contribution in [0.5, 0.6) is 11.6 Å². The maximum atomic E-state index is 12.8. The van der Waals surface area contributed by atoms with Crippen molar-refractivity contribution in [1.29, 1.82) is 0 Å². The Balaban J connectivity index is 2.13. The molecule has 1 aromatic carbocycles. The molecule has 1 amide bonds. The van der Waals surface area contributed by atoms with Crippen LogP contribution in [0.25, 0.3) is 0 Å². The van der Waals surface area contributed by atoms with Crippen LogP contribution in [0, 0.1) is 0 Å². The second kappa shape index (κ2) is 8.66. The highest BCUT2D eigenvalue weighted by Crippen LogP contribution is 2.32. The topological polar surface area (TPSA) is 60.5 Å². The van der Waals surface area contributed by atoms with Gasteiger partial charge in [-0.2, -0.15) is 13.2 Å². The summed E-state index contributed by atoms with van der Waals surface area (Å²) in [5, 5.41) is 2.70. The van der Waals surface area contributed by atoms with Gasteiger partial charge in [0.15, 0.2) is 0 Å². The minimum Gasteiger partial charge on any atom is -0.439 e. The van der Waals surface area contributed by atoms with E-state index >= 15 is 0 Å². The van der Waals surface area contributed by atoms with Crippen molar-refractivity contribution in [3.05, 3.63) is 53.7 Å². The first kappa shape index (κ1) is 19.7. The third-order valence-electron chi connectivity index (χ3n) is 3.63. The fraction of sp³-hybridized carbons (Fsp3) is 0.333. The molecule has 2 rings (SSSR count). The van der Waals surface area contributed by atoms with E-state index in [9.17, 15) is 18.0 Å². The summed E-state index contributed by atoms with van der Waals surface area (Å²) < 4.78 is 49.0. The third-order valence-corrected chi connectivity index (χ3v) is 3.63. The predicted molar refractivity (Wildman–Crippen MR) is 88.7 cm³/mol. The van der Waals surface area contributed by atoms with Crippen molar-refractivity contribution in [2.75, 3.05) is 7.11 Å². The molecule has 0 spiro atoms. The maximum absolute atomic E-state index is 12.8. The molecule has 1 aromatic heterocycles. The molecule has 0 saturated carbocycles. The van der Waals surface area contributed by atoms with Gasteiger partial charge >= 0.3 is 6.18 Å². The molecule has 0 radical (unpaired) electrons. The lowest BCUT2D eigenvalue weighted by Gasteiger charge is -2.15. The van der Waals surface area contributed by atoms with Gasteiger partial charge in [-0.15, -0.1) is 0 Å². The van der Waals surface area contributed by atoms with Crippen molar-refractivity contribution in [1.82, 2.24) is 10.3 Å². The molecule has 2 aromatic rings. The Morgan fingerprint density at radius 1 is 1.27 bits per heavy atom. The van der Waals surface area contributed by atoms with E-state index in [4.69, 9.17) is 9.47 Å². The van der Waals surface area contributed by atoms with Crippen molar-refractivity contribution < 1.29 is 27.4 Å². The van der Waals surface area contributed by atoms with Gasteiger partial charge in [-0.3, -0.25) is 4.79 Å². The normalized spacial score (nSPS) is 12.5. The molecule has 8 heteroatoms. The number of benzene rings is 1. The number of hydrogen-bond donors (Lipinski definition) is 1. The summed E-state index contributed by atoms with van der Waals surface area (Å²) in [4.78, 5) is 16.0. The molecule has 0 aliphatic heterocycles. The van der Waals surface area contributed by atoms with Crippen molar-refractivity contribution in [2.24, 2.45) is 0 Å². The van der Waals surface area contributed by atoms with Crippen molar-refractivity contribution in [3.8, 4) is 11.6 Å². The summed E-state index contributed by atoms with van der Waals surface area (Å²) in [6, 6.07) is 7.84. The zero-order valence-corrected chi connectivity index (χ0v) is 14.3. The van der Waals surface area contributed by atoms with Gasteiger partial charge < -0.3 is 14.8 Å². The Bertz CT molecular complexity index is 746. The molecular formula is C18H19F3N2O3. The minimum absolute atomic E-state index is 0.00873. The molecule has 140 valence electrons. The fourth-order valence-electron chi connectivity index (χ4n) is 2.25. The van der Waals surface area contributed by atoms with Gasteiger partial charge in [0.25, 0.3) is 0 Å². The number of nitrogens with zero attached hydrogens (tertiary/aromatic N) is 1. The Morgan fingerprint density at radius 2 is 2.04 bits per heavy atom. The van der Waals surface area contributed by atoms with Crippen LogP contribution in [0.3, 0.4) is 0 Å². The van der Waals surface area contributed by atoms with Crippen LogP contribution in [0.2, 0.25) is 0 Å². The van der Waals surface area contributed by atoms with Crippen molar-refractivity contribution in [2.45, 2.75) is 32.2 Å². The number of alkyl halides is 3. The Kier molecular flexibility index (Phi) is 6.57. The lowest BCUT2D eigenvalue weighted by molar-refractivity contribution is -0.137. The average molecular weight is 368 g/mol. The Morgan fingerprint density at radius 3 is 2.69 bits per heavy atom. The van der Waals surface area contributed by atoms with Crippen LogP contribution in [-0.4, -0.2) is 24.1 Å². The fourth-order valence-corrected chi connectivity index (χ4v) is 2.25. The minimum atomic E-state index is -4.46. The zero-order chi connectivity index (χ0) is 19.2. The van der Waals surface area contributed by atoms with Gasteiger partial charge in [-0.1, -0.05) is 19.1 Å². The van der Waals surface area contributed by atoms with Crippen molar-refractivity contribution in [3.63, 3.8) is 0 Å². The summed E-state index contributed by atoms with van der Waals surface area (Å²) in [7, 11) is 1.44. The predicted octanol–water partition coefficient (Wildman–Crippen LogP) is 3.93. The van der Waals surface area contributed by atoms with E-state index in [1.54, 1.807) is 12.1 Å². The first-order chi connectivity index (χ1) is 12.3. The van der Waals surface area contributed by atoms with Gasteiger partial charge in [0.1, 0.15) is 11.9 Å². The smallest absolute Gasteiger partial charge is 0.416 e. The summed E-state index contributed by atoms with van der Waals surface area (Å²) in [5.41, 5.74) is -0.282. The number of ether oxygens (including phenoxy) is 2. The van der Waals surface area contributed by atoms with Crippen LogP contribution >= 0.6 is 0 Å². The highest BCUT2D eigenvalue weighted by molar-refractivity contribution is 5.80. The van der Waals surface area contributed by atoms with Crippen LogP contribution < -0.4 is 10.1 Å². The van der Waals surface area contributed by atoms with Crippen LogP contribution in [0.1, 0.15) is 24.5 Å². The van der Waals surface area contributed by atoms with E-state index in [2.05, 4.69) is 10.3 Å². The summed E-state index contributed by atoms with van der Waals surface area (Å²) in [6.45, 7) is 1.93. The number of aromatic nitrogens is 1. The van der Waals surface area contributed by atoms with E-state index in [0.717, 1.165) is 12.1 Å². The van der Waals surface area contributed by atoms with E-state index in [-0.39, 0.29) is 24.1 Å². The highest BCUT2D eigenvalue weighted by Gasteiger charge is 2.30. The van der Waals surface area contributed by atoms with E-state index in [1.807, 2.05) is 6.92 Å². The van der Waals surface area contributed by atoms with Gasteiger partial charge in [-0.05, 0) is 30.7 Å². The second-order valence-corrected chi connectivity index (χ2v) is 5.45. The highest BCUT2D eigenvalue weighted by atomic mass is 19.4. The molecule has 0 bridgehead atoms. The summed E-state index contributed by atoms with van der Waals surface area (Å²) >= 11 is 0. The quantitative estimate of drug-likeness (QED) is 0.804. The SMILES string of the molecule is CC[C@@H](OC)C(=O)NCc1cccnc1Oc1cccc(C(F)(F)F)c1. The first-order valence-electron chi connectivity index (χ1n) is 7.94. The van der Waals surface area contributed by atoms with Crippen molar-refractivity contribution >= 4 is 5.91 Å². The number of halogens is 3. The second-order valence-electron chi connectivity index (χ2n) is 5.45. The molecule has 0 fully saturated rings. The number of amides is 1. The molecule has 26 heavy (non-hydrogen) atoms. The third kappa shape index (κ3) is 5.19. The van der Waals surface area contributed by atoms with Crippen LogP contribution in [-0.2, 0) is 22.3 Å². The number of hydrogen-bond acceptors (Lipinski definition) is 4. The zero-order valence-electron chi connectivity index (χ0n) is 14.3. The molecule has 1 atom stereocenters.